The fraction of sp³-hybridized carbons (Fsp3) is 0.308. The molecule has 0 bridgehead atoms. The molecule has 1 nitrogen and oxygen atoms in total. The average Bonchev–Trinajstić information content (AvgIpc) is 2.76. The van der Waals surface area contributed by atoms with Crippen LogP contribution >= 0.6 is 12.4 Å². The maximum Gasteiger partial charge on any atom is 0.0227 e. The number of hydrogen-bond acceptors (Lipinski definition) is 1. The van der Waals surface area contributed by atoms with Crippen molar-refractivity contribution in [2.45, 2.75) is 37.6 Å². The van der Waals surface area contributed by atoms with Crippen LogP contribution in [0, 0.1) is 0 Å². The van der Waals surface area contributed by atoms with Gasteiger partial charge in [-0.15, -0.1) is 12.4 Å². The van der Waals surface area contributed by atoms with Crippen LogP contribution in [0.3, 0.4) is 0 Å². The topological polar surface area (TPSA) is 3.24 Å². The molecule has 2 heteroatoms. The van der Waals surface area contributed by atoms with Crippen LogP contribution in [0.15, 0.2) is 91.0 Å². The number of likely N-dealkylation sites (tertiary alicyclic amines) is 1. The highest BCUT2D eigenvalue weighted by Crippen LogP contribution is 2.42. The molecule has 0 saturated carbocycles. The van der Waals surface area contributed by atoms with Crippen molar-refractivity contribution < 1.29 is 0 Å². The smallest absolute Gasteiger partial charge is 0.0227 e. The molecule has 1 aliphatic rings. The molecule has 1 unspecified atom stereocenters. The first-order valence-electron chi connectivity index (χ1n) is 10.2. The van der Waals surface area contributed by atoms with E-state index in [4.69, 9.17) is 0 Å². The predicted molar refractivity (Wildman–Crippen MR) is 121 cm³/mol. The van der Waals surface area contributed by atoms with Gasteiger partial charge >= 0.3 is 0 Å². The zero-order valence-electron chi connectivity index (χ0n) is 16.6. The van der Waals surface area contributed by atoms with Crippen molar-refractivity contribution in [1.29, 1.82) is 0 Å². The van der Waals surface area contributed by atoms with E-state index < -0.39 is 0 Å². The highest BCUT2D eigenvalue weighted by molar-refractivity contribution is 5.85. The lowest BCUT2D eigenvalue weighted by molar-refractivity contribution is 0.136. The molecule has 28 heavy (non-hydrogen) atoms. The van der Waals surface area contributed by atoms with Gasteiger partial charge in [0.05, 0.1) is 0 Å². The van der Waals surface area contributed by atoms with Crippen LogP contribution in [-0.2, 0) is 11.8 Å². The van der Waals surface area contributed by atoms with Gasteiger partial charge in [-0.05, 0) is 56.0 Å². The average molecular weight is 392 g/mol. The summed E-state index contributed by atoms with van der Waals surface area (Å²) in [6.45, 7) is 4.68. The number of hydrogen-bond donors (Lipinski definition) is 0. The second-order valence-electron chi connectivity index (χ2n) is 7.89. The first-order chi connectivity index (χ1) is 13.3. The van der Waals surface area contributed by atoms with Gasteiger partial charge in [-0.3, -0.25) is 0 Å². The maximum absolute atomic E-state index is 2.68. The Kier molecular flexibility index (Phi) is 6.93. The van der Waals surface area contributed by atoms with Crippen LogP contribution in [0.5, 0.6) is 0 Å². The molecule has 1 aliphatic heterocycles. The second kappa shape index (κ2) is 9.41. The van der Waals surface area contributed by atoms with Gasteiger partial charge in [0.1, 0.15) is 0 Å². The summed E-state index contributed by atoms with van der Waals surface area (Å²) in [6.07, 6.45) is 3.49. The first kappa shape index (κ1) is 20.6. The molecule has 3 aromatic carbocycles. The molecule has 0 N–H and O–H groups in total. The van der Waals surface area contributed by atoms with Gasteiger partial charge < -0.3 is 4.90 Å². The normalized spacial score (nSPS) is 17.5. The van der Waals surface area contributed by atoms with E-state index in [1.54, 1.807) is 0 Å². The van der Waals surface area contributed by atoms with Gasteiger partial charge in [-0.25, -0.2) is 0 Å². The van der Waals surface area contributed by atoms with Crippen LogP contribution in [0.1, 0.15) is 36.5 Å². The SMILES string of the molecule is CC(Cc1ccccc1)N1CCC(c2ccccc2)(c2ccccc2)CC1.Cl. The lowest BCUT2D eigenvalue weighted by Gasteiger charge is -2.45. The summed E-state index contributed by atoms with van der Waals surface area (Å²) in [6, 6.07) is 33.7. The Hall–Kier alpha value is -2.09. The molecule has 1 heterocycles. The Bertz CT molecular complexity index is 783. The molecule has 1 atom stereocenters. The molecule has 1 saturated heterocycles. The quantitative estimate of drug-likeness (QED) is 0.506. The van der Waals surface area contributed by atoms with Crippen molar-refractivity contribution in [2.24, 2.45) is 0 Å². The van der Waals surface area contributed by atoms with Crippen molar-refractivity contribution in [3.8, 4) is 0 Å². The number of benzene rings is 3. The van der Waals surface area contributed by atoms with Gasteiger partial charge in [0.25, 0.3) is 0 Å². The zero-order chi connectivity index (χ0) is 18.5. The monoisotopic (exact) mass is 391 g/mol. The Balaban J connectivity index is 0.00000225. The van der Waals surface area contributed by atoms with E-state index in [1.165, 1.54) is 29.5 Å². The van der Waals surface area contributed by atoms with E-state index >= 15 is 0 Å². The third-order valence-corrected chi connectivity index (χ3v) is 6.30. The summed E-state index contributed by atoms with van der Waals surface area (Å²) in [4.78, 5) is 2.68. The van der Waals surface area contributed by atoms with E-state index in [0.717, 1.165) is 19.5 Å². The Morgan fingerprint density at radius 1 is 0.714 bits per heavy atom. The van der Waals surface area contributed by atoms with Crippen molar-refractivity contribution in [1.82, 2.24) is 4.90 Å². The van der Waals surface area contributed by atoms with Gasteiger partial charge in [0, 0.05) is 11.5 Å². The summed E-state index contributed by atoms with van der Waals surface area (Å²) < 4.78 is 0. The third-order valence-electron chi connectivity index (χ3n) is 6.30. The van der Waals surface area contributed by atoms with Crippen LogP contribution in [0.4, 0.5) is 0 Å². The number of nitrogens with zero attached hydrogens (tertiary/aromatic N) is 1. The minimum absolute atomic E-state index is 0. The Labute approximate surface area is 175 Å². The number of piperidine rings is 1. The van der Waals surface area contributed by atoms with E-state index in [1.807, 2.05) is 0 Å². The largest absolute Gasteiger partial charge is 0.300 e. The molecule has 0 aliphatic carbocycles. The van der Waals surface area contributed by atoms with Gasteiger partial charge in [0.2, 0.25) is 0 Å². The van der Waals surface area contributed by atoms with E-state index in [9.17, 15) is 0 Å². The van der Waals surface area contributed by atoms with Gasteiger partial charge in [0.15, 0.2) is 0 Å². The maximum atomic E-state index is 2.68. The molecule has 0 radical (unpaired) electrons. The van der Waals surface area contributed by atoms with Crippen LogP contribution < -0.4 is 0 Å². The Morgan fingerprint density at radius 3 is 1.61 bits per heavy atom. The summed E-state index contributed by atoms with van der Waals surface area (Å²) in [5.74, 6) is 0. The first-order valence-corrected chi connectivity index (χ1v) is 10.2. The van der Waals surface area contributed by atoms with Gasteiger partial charge in [-0.2, -0.15) is 0 Å². The Morgan fingerprint density at radius 2 is 1.14 bits per heavy atom. The van der Waals surface area contributed by atoms with Crippen LogP contribution in [-0.4, -0.2) is 24.0 Å². The summed E-state index contributed by atoms with van der Waals surface area (Å²) >= 11 is 0. The standard InChI is InChI=1S/C26H29N.ClH/c1-22(21-23-11-5-2-6-12-23)27-19-17-26(18-20-27,24-13-7-3-8-14-24)25-15-9-4-10-16-25;/h2-16,22H,17-21H2,1H3;1H. The second-order valence-corrected chi connectivity index (χ2v) is 7.89. The van der Waals surface area contributed by atoms with Crippen molar-refractivity contribution in [3.63, 3.8) is 0 Å². The van der Waals surface area contributed by atoms with Crippen LogP contribution in [0.25, 0.3) is 0 Å². The van der Waals surface area contributed by atoms with E-state index in [0.29, 0.717) is 6.04 Å². The molecule has 146 valence electrons. The molecule has 0 spiro atoms. The molecule has 1 fully saturated rings. The van der Waals surface area contributed by atoms with Crippen molar-refractivity contribution in [3.05, 3.63) is 108 Å². The molecule has 4 rings (SSSR count). The zero-order valence-corrected chi connectivity index (χ0v) is 17.4. The molecule has 3 aromatic rings. The summed E-state index contributed by atoms with van der Waals surface area (Å²) in [5, 5.41) is 0. The highest BCUT2D eigenvalue weighted by Gasteiger charge is 2.38. The molecule has 0 amide bonds. The predicted octanol–water partition coefficient (Wildman–Crippen LogP) is 6.12. The van der Waals surface area contributed by atoms with Gasteiger partial charge in [-0.1, -0.05) is 91.0 Å². The third kappa shape index (κ3) is 4.32. The van der Waals surface area contributed by atoms with Crippen LogP contribution in [0.2, 0.25) is 0 Å². The van der Waals surface area contributed by atoms with E-state index in [2.05, 4.69) is 103 Å². The molecular formula is C26H30ClN. The number of halogens is 1. The summed E-state index contributed by atoms with van der Waals surface area (Å²) in [7, 11) is 0. The molecule has 0 aromatic heterocycles. The van der Waals surface area contributed by atoms with Crippen molar-refractivity contribution in [2.75, 3.05) is 13.1 Å². The fourth-order valence-electron chi connectivity index (χ4n) is 4.69. The minimum atomic E-state index is 0. The molecular weight excluding hydrogens is 362 g/mol. The lowest BCUT2D eigenvalue weighted by Crippen LogP contribution is -2.47. The summed E-state index contributed by atoms with van der Waals surface area (Å²) in [5.41, 5.74) is 4.51. The van der Waals surface area contributed by atoms with E-state index in [-0.39, 0.29) is 17.8 Å². The number of rotatable bonds is 5. The van der Waals surface area contributed by atoms with Crippen molar-refractivity contribution >= 4 is 12.4 Å². The fourth-order valence-corrected chi connectivity index (χ4v) is 4.69. The lowest BCUT2D eigenvalue weighted by atomic mass is 9.68. The minimum Gasteiger partial charge on any atom is -0.300 e. The highest BCUT2D eigenvalue weighted by atomic mass is 35.5.